The van der Waals surface area contributed by atoms with Gasteiger partial charge in [-0.25, -0.2) is 0 Å². The van der Waals surface area contributed by atoms with Crippen LogP contribution in [0.25, 0.3) is 11.0 Å². The Morgan fingerprint density at radius 2 is 2.11 bits per heavy atom. The van der Waals surface area contributed by atoms with Crippen LogP contribution >= 0.6 is 0 Å². The molecule has 3 rings (SSSR count). The molecule has 0 aliphatic carbocycles. The van der Waals surface area contributed by atoms with E-state index >= 15 is 0 Å². The summed E-state index contributed by atoms with van der Waals surface area (Å²) in [6.45, 7) is 2.01. The molecule has 0 aliphatic heterocycles. The minimum Gasteiger partial charge on any atom is -0.453 e. The average Bonchev–Trinajstić information content (AvgIpc) is 2.90. The lowest BCUT2D eigenvalue weighted by molar-refractivity contribution is 0.101. The summed E-state index contributed by atoms with van der Waals surface area (Å²) in [5.74, 6) is 0.289. The molecule has 19 heavy (non-hydrogen) atoms. The van der Waals surface area contributed by atoms with E-state index in [9.17, 15) is 4.79 Å². The van der Waals surface area contributed by atoms with Crippen molar-refractivity contribution in [2.45, 2.75) is 13.3 Å². The van der Waals surface area contributed by atoms with E-state index < -0.39 is 0 Å². The van der Waals surface area contributed by atoms with Crippen LogP contribution in [0.4, 0.5) is 0 Å². The summed E-state index contributed by atoms with van der Waals surface area (Å²) in [6, 6.07) is 11.1. The zero-order valence-electron chi connectivity index (χ0n) is 10.6. The molecule has 3 heteroatoms. The van der Waals surface area contributed by atoms with Gasteiger partial charge in [-0.1, -0.05) is 25.1 Å². The number of pyridine rings is 1. The molecule has 0 aliphatic rings. The molecule has 3 aromatic rings. The maximum absolute atomic E-state index is 12.5. The number of hydrogen-bond donors (Lipinski definition) is 0. The highest BCUT2D eigenvalue weighted by Crippen LogP contribution is 2.22. The molecule has 0 spiro atoms. The molecular weight excluding hydrogens is 238 g/mol. The summed E-state index contributed by atoms with van der Waals surface area (Å²) in [7, 11) is 0. The third kappa shape index (κ3) is 2.03. The number of furan rings is 1. The van der Waals surface area contributed by atoms with Crippen LogP contribution in [-0.2, 0) is 6.42 Å². The lowest BCUT2D eigenvalue weighted by atomic mass is 10.0. The minimum absolute atomic E-state index is 0.0875. The van der Waals surface area contributed by atoms with Gasteiger partial charge in [-0.3, -0.25) is 9.78 Å². The quantitative estimate of drug-likeness (QED) is 0.668. The Bertz CT molecular complexity index is 710. The van der Waals surface area contributed by atoms with Crippen molar-refractivity contribution >= 4 is 16.8 Å². The molecule has 2 heterocycles. The summed E-state index contributed by atoms with van der Waals surface area (Å²) >= 11 is 0. The predicted molar refractivity (Wildman–Crippen MR) is 73.3 cm³/mol. The Kier molecular flexibility index (Phi) is 2.88. The Labute approximate surface area is 110 Å². The van der Waals surface area contributed by atoms with E-state index in [4.69, 9.17) is 4.42 Å². The summed E-state index contributed by atoms with van der Waals surface area (Å²) in [4.78, 5) is 16.5. The van der Waals surface area contributed by atoms with Gasteiger partial charge in [-0.2, -0.15) is 0 Å². The highest BCUT2D eigenvalue weighted by atomic mass is 16.3. The molecule has 3 nitrogen and oxygen atoms in total. The molecule has 2 aromatic heterocycles. The lowest BCUT2D eigenvalue weighted by Crippen LogP contribution is -2.04. The van der Waals surface area contributed by atoms with Gasteiger partial charge < -0.3 is 4.42 Å². The molecule has 0 N–H and O–H groups in total. The number of aryl methyl sites for hydroxylation is 1. The van der Waals surface area contributed by atoms with Crippen molar-refractivity contribution in [1.82, 2.24) is 4.98 Å². The Balaban J connectivity index is 2.08. The van der Waals surface area contributed by atoms with Crippen molar-refractivity contribution in [2.24, 2.45) is 0 Å². The first-order valence-electron chi connectivity index (χ1n) is 6.25. The number of ketones is 1. The van der Waals surface area contributed by atoms with Gasteiger partial charge in [-0.05, 0) is 30.2 Å². The van der Waals surface area contributed by atoms with Crippen LogP contribution in [0.2, 0.25) is 0 Å². The number of benzene rings is 1. The van der Waals surface area contributed by atoms with Crippen LogP contribution in [0.3, 0.4) is 0 Å². The van der Waals surface area contributed by atoms with Crippen LogP contribution in [0.5, 0.6) is 0 Å². The average molecular weight is 251 g/mol. The number of hydrogen-bond acceptors (Lipinski definition) is 3. The monoisotopic (exact) mass is 251 g/mol. The van der Waals surface area contributed by atoms with Crippen molar-refractivity contribution in [1.29, 1.82) is 0 Å². The largest absolute Gasteiger partial charge is 0.453 e. The Hall–Kier alpha value is -2.42. The SMILES string of the molecule is CCc1cnccc1C(=O)c1cc2ccccc2o1. The van der Waals surface area contributed by atoms with Gasteiger partial charge >= 0.3 is 0 Å². The van der Waals surface area contributed by atoms with Gasteiger partial charge in [0.15, 0.2) is 5.76 Å². The molecule has 0 unspecified atom stereocenters. The van der Waals surface area contributed by atoms with Gasteiger partial charge in [0, 0.05) is 23.3 Å². The second-order valence-electron chi connectivity index (χ2n) is 4.36. The number of carbonyl (C=O) groups excluding carboxylic acids is 1. The smallest absolute Gasteiger partial charge is 0.228 e. The van der Waals surface area contributed by atoms with E-state index in [1.54, 1.807) is 24.5 Å². The van der Waals surface area contributed by atoms with E-state index in [1.807, 2.05) is 31.2 Å². The first-order chi connectivity index (χ1) is 9.29. The zero-order valence-corrected chi connectivity index (χ0v) is 10.6. The summed E-state index contributed by atoms with van der Waals surface area (Å²) in [5, 5.41) is 0.943. The van der Waals surface area contributed by atoms with Crippen LogP contribution in [-0.4, -0.2) is 10.8 Å². The van der Waals surface area contributed by atoms with Crippen molar-refractivity contribution in [2.75, 3.05) is 0 Å². The van der Waals surface area contributed by atoms with Gasteiger partial charge in [-0.15, -0.1) is 0 Å². The lowest BCUT2D eigenvalue weighted by Gasteiger charge is -2.03. The minimum atomic E-state index is -0.0875. The molecule has 94 valence electrons. The third-order valence-corrected chi connectivity index (χ3v) is 3.18. The fourth-order valence-corrected chi connectivity index (χ4v) is 2.16. The van der Waals surface area contributed by atoms with E-state index in [2.05, 4.69) is 4.98 Å². The Morgan fingerprint density at radius 1 is 1.26 bits per heavy atom. The second-order valence-corrected chi connectivity index (χ2v) is 4.36. The second kappa shape index (κ2) is 4.69. The standard InChI is InChI=1S/C16H13NO2/c1-2-11-10-17-8-7-13(11)16(18)15-9-12-5-3-4-6-14(12)19-15/h3-10H,2H2,1H3. The van der Waals surface area contributed by atoms with Crippen LogP contribution in [0.1, 0.15) is 28.6 Å². The summed E-state index contributed by atoms with van der Waals surface area (Å²) in [6.07, 6.45) is 4.14. The highest BCUT2D eigenvalue weighted by molar-refractivity contribution is 6.09. The van der Waals surface area contributed by atoms with E-state index in [1.165, 1.54) is 0 Å². The summed E-state index contributed by atoms with van der Waals surface area (Å²) < 4.78 is 5.61. The van der Waals surface area contributed by atoms with Crippen LogP contribution in [0.15, 0.2) is 53.2 Å². The molecule has 0 saturated heterocycles. The highest BCUT2D eigenvalue weighted by Gasteiger charge is 2.17. The molecule has 0 atom stereocenters. The number of fused-ring (bicyclic) bond motifs is 1. The fraction of sp³-hybridized carbons (Fsp3) is 0.125. The normalized spacial score (nSPS) is 10.8. The van der Waals surface area contributed by atoms with Crippen molar-refractivity contribution in [3.05, 3.63) is 65.7 Å². The van der Waals surface area contributed by atoms with Crippen molar-refractivity contribution in [3.63, 3.8) is 0 Å². The van der Waals surface area contributed by atoms with Crippen LogP contribution in [0, 0.1) is 0 Å². The molecule has 1 aromatic carbocycles. The van der Waals surface area contributed by atoms with E-state index in [0.717, 1.165) is 23.0 Å². The first kappa shape index (κ1) is 11.7. The molecule has 0 radical (unpaired) electrons. The topological polar surface area (TPSA) is 43.1 Å². The first-order valence-corrected chi connectivity index (χ1v) is 6.25. The summed E-state index contributed by atoms with van der Waals surface area (Å²) in [5.41, 5.74) is 2.34. The van der Waals surface area contributed by atoms with Gasteiger partial charge in [0.1, 0.15) is 5.58 Å². The predicted octanol–water partition coefficient (Wildman–Crippen LogP) is 3.62. The van der Waals surface area contributed by atoms with Crippen molar-refractivity contribution < 1.29 is 9.21 Å². The van der Waals surface area contributed by atoms with Gasteiger partial charge in [0.2, 0.25) is 5.78 Å². The molecule has 0 bridgehead atoms. The fourth-order valence-electron chi connectivity index (χ4n) is 2.16. The molecule has 0 saturated carbocycles. The number of aromatic nitrogens is 1. The van der Waals surface area contributed by atoms with Gasteiger partial charge in [0.25, 0.3) is 0 Å². The third-order valence-electron chi connectivity index (χ3n) is 3.18. The molecular formula is C16H13NO2. The number of carbonyl (C=O) groups is 1. The molecule has 0 fully saturated rings. The number of nitrogens with zero attached hydrogens (tertiary/aromatic N) is 1. The van der Waals surface area contributed by atoms with E-state index in [-0.39, 0.29) is 5.78 Å². The zero-order chi connectivity index (χ0) is 13.2. The number of rotatable bonds is 3. The maximum atomic E-state index is 12.5. The number of para-hydroxylation sites is 1. The van der Waals surface area contributed by atoms with Crippen molar-refractivity contribution in [3.8, 4) is 0 Å². The van der Waals surface area contributed by atoms with Crippen LogP contribution < -0.4 is 0 Å². The van der Waals surface area contributed by atoms with Gasteiger partial charge in [0.05, 0.1) is 0 Å². The van der Waals surface area contributed by atoms with E-state index in [0.29, 0.717) is 11.3 Å². The maximum Gasteiger partial charge on any atom is 0.228 e. The molecule has 0 amide bonds. The Morgan fingerprint density at radius 3 is 2.89 bits per heavy atom.